The van der Waals surface area contributed by atoms with E-state index in [1.54, 1.807) is 0 Å². The Morgan fingerprint density at radius 1 is 1.16 bits per heavy atom. The van der Waals surface area contributed by atoms with Crippen molar-refractivity contribution in [1.82, 2.24) is 15.5 Å². The summed E-state index contributed by atoms with van der Waals surface area (Å²) >= 11 is 0. The highest BCUT2D eigenvalue weighted by molar-refractivity contribution is 5.85. The molecule has 1 aromatic carbocycles. The molecule has 2 saturated heterocycles. The third-order valence-electron chi connectivity index (χ3n) is 6.01. The lowest BCUT2D eigenvalue weighted by molar-refractivity contribution is 0.0517. The van der Waals surface area contributed by atoms with Gasteiger partial charge in [0.05, 0.1) is 13.2 Å². The van der Waals surface area contributed by atoms with Gasteiger partial charge in [0.15, 0.2) is 0 Å². The third kappa shape index (κ3) is 4.95. The standard InChI is InChI=1S/C20H31N3O.ClH/c1-2-5-16(6-3-1)13-23-11-9-17(14-23)22-19-8-4-7-18(19)20-15-24-12-10-21-20;/h1-3,5-6,17-22H,4,7-15H2;1H. The van der Waals surface area contributed by atoms with Crippen molar-refractivity contribution in [3.8, 4) is 0 Å². The highest BCUT2D eigenvalue weighted by Gasteiger charge is 2.36. The minimum Gasteiger partial charge on any atom is -0.379 e. The highest BCUT2D eigenvalue weighted by Crippen LogP contribution is 2.30. The Bertz CT molecular complexity index is 509. The van der Waals surface area contributed by atoms with Crippen LogP contribution in [0.5, 0.6) is 0 Å². The molecule has 4 nitrogen and oxygen atoms in total. The zero-order valence-corrected chi connectivity index (χ0v) is 15.8. The summed E-state index contributed by atoms with van der Waals surface area (Å²) in [4.78, 5) is 2.60. The summed E-state index contributed by atoms with van der Waals surface area (Å²) in [6.07, 6.45) is 5.32. The molecule has 0 bridgehead atoms. The van der Waals surface area contributed by atoms with Crippen LogP contribution < -0.4 is 10.6 Å². The average Bonchev–Trinajstić information content (AvgIpc) is 3.27. The first-order chi connectivity index (χ1) is 11.9. The van der Waals surface area contributed by atoms with Crippen LogP contribution in [0.1, 0.15) is 31.2 Å². The van der Waals surface area contributed by atoms with Crippen molar-refractivity contribution in [3.05, 3.63) is 35.9 Å². The van der Waals surface area contributed by atoms with E-state index in [4.69, 9.17) is 4.74 Å². The number of likely N-dealkylation sites (tertiary alicyclic amines) is 1. The van der Waals surface area contributed by atoms with Crippen molar-refractivity contribution in [2.24, 2.45) is 5.92 Å². The van der Waals surface area contributed by atoms with E-state index in [9.17, 15) is 0 Å². The summed E-state index contributed by atoms with van der Waals surface area (Å²) in [5.41, 5.74) is 1.43. The van der Waals surface area contributed by atoms with E-state index in [1.165, 1.54) is 44.3 Å². The van der Waals surface area contributed by atoms with Crippen LogP contribution in [-0.4, -0.2) is 55.9 Å². The quantitative estimate of drug-likeness (QED) is 0.840. The van der Waals surface area contributed by atoms with Crippen LogP contribution in [0.25, 0.3) is 0 Å². The largest absolute Gasteiger partial charge is 0.379 e. The second kappa shape index (κ2) is 9.33. The van der Waals surface area contributed by atoms with Gasteiger partial charge in [0.2, 0.25) is 0 Å². The Hall–Kier alpha value is -0.650. The smallest absolute Gasteiger partial charge is 0.0623 e. The summed E-state index contributed by atoms with van der Waals surface area (Å²) in [6.45, 7) is 6.28. The van der Waals surface area contributed by atoms with Gasteiger partial charge in [0, 0.05) is 44.3 Å². The van der Waals surface area contributed by atoms with Crippen molar-refractivity contribution in [3.63, 3.8) is 0 Å². The van der Waals surface area contributed by atoms with Crippen molar-refractivity contribution in [1.29, 1.82) is 0 Å². The lowest BCUT2D eigenvalue weighted by atomic mass is 9.93. The summed E-state index contributed by atoms with van der Waals surface area (Å²) in [5, 5.41) is 7.69. The molecule has 0 radical (unpaired) electrons. The summed E-state index contributed by atoms with van der Waals surface area (Å²) in [6, 6.07) is 12.7. The fourth-order valence-corrected chi connectivity index (χ4v) is 4.79. The summed E-state index contributed by atoms with van der Waals surface area (Å²) < 4.78 is 5.70. The Morgan fingerprint density at radius 2 is 2.04 bits per heavy atom. The zero-order valence-electron chi connectivity index (χ0n) is 15.0. The van der Waals surface area contributed by atoms with Crippen molar-refractivity contribution in [2.45, 2.75) is 50.4 Å². The maximum atomic E-state index is 5.70. The number of rotatable bonds is 5. The number of benzene rings is 1. The second-order valence-electron chi connectivity index (χ2n) is 7.71. The topological polar surface area (TPSA) is 36.5 Å². The van der Waals surface area contributed by atoms with E-state index < -0.39 is 0 Å². The maximum absolute atomic E-state index is 5.70. The maximum Gasteiger partial charge on any atom is 0.0623 e. The van der Waals surface area contributed by atoms with Crippen LogP contribution in [0.3, 0.4) is 0 Å². The van der Waals surface area contributed by atoms with Gasteiger partial charge in [-0.15, -0.1) is 12.4 Å². The molecular weight excluding hydrogens is 334 g/mol. The van der Waals surface area contributed by atoms with Crippen LogP contribution in [0, 0.1) is 5.92 Å². The molecule has 25 heavy (non-hydrogen) atoms. The monoisotopic (exact) mass is 365 g/mol. The molecule has 0 spiro atoms. The Balaban J connectivity index is 0.00000182. The molecular formula is C20H32ClN3O. The minimum absolute atomic E-state index is 0. The van der Waals surface area contributed by atoms with Gasteiger partial charge in [-0.3, -0.25) is 4.90 Å². The second-order valence-corrected chi connectivity index (χ2v) is 7.71. The van der Waals surface area contributed by atoms with Gasteiger partial charge in [-0.05, 0) is 30.7 Å². The van der Waals surface area contributed by atoms with Crippen molar-refractivity contribution in [2.75, 3.05) is 32.8 Å². The molecule has 4 unspecified atom stereocenters. The number of halogens is 1. The van der Waals surface area contributed by atoms with Crippen molar-refractivity contribution < 1.29 is 4.74 Å². The molecule has 2 aliphatic heterocycles. The van der Waals surface area contributed by atoms with Gasteiger partial charge in [0.1, 0.15) is 0 Å². The van der Waals surface area contributed by atoms with E-state index in [-0.39, 0.29) is 12.4 Å². The van der Waals surface area contributed by atoms with Gasteiger partial charge < -0.3 is 15.4 Å². The predicted molar refractivity (Wildman–Crippen MR) is 104 cm³/mol. The van der Waals surface area contributed by atoms with Gasteiger partial charge in [-0.1, -0.05) is 36.8 Å². The Kier molecular flexibility index (Phi) is 7.14. The van der Waals surface area contributed by atoms with Crippen molar-refractivity contribution >= 4 is 12.4 Å². The first kappa shape index (κ1) is 19.1. The molecule has 1 aromatic rings. The van der Waals surface area contributed by atoms with E-state index in [1.807, 2.05) is 0 Å². The van der Waals surface area contributed by atoms with E-state index in [0.29, 0.717) is 18.1 Å². The Morgan fingerprint density at radius 3 is 2.84 bits per heavy atom. The highest BCUT2D eigenvalue weighted by atomic mass is 35.5. The van der Waals surface area contributed by atoms with E-state index >= 15 is 0 Å². The normalized spacial score (nSPS) is 33.3. The fraction of sp³-hybridized carbons (Fsp3) is 0.700. The number of nitrogens with one attached hydrogen (secondary N) is 2. The molecule has 140 valence electrons. The number of hydrogen-bond acceptors (Lipinski definition) is 4. The van der Waals surface area contributed by atoms with E-state index in [0.717, 1.165) is 32.2 Å². The molecule has 3 aliphatic rings. The first-order valence-corrected chi connectivity index (χ1v) is 9.72. The van der Waals surface area contributed by atoms with Gasteiger partial charge in [0.25, 0.3) is 0 Å². The average molecular weight is 366 g/mol. The van der Waals surface area contributed by atoms with Crippen LogP contribution in [0.15, 0.2) is 30.3 Å². The molecule has 2 N–H and O–H groups in total. The number of nitrogens with zero attached hydrogens (tertiary/aromatic N) is 1. The molecule has 1 aliphatic carbocycles. The first-order valence-electron chi connectivity index (χ1n) is 9.72. The van der Waals surface area contributed by atoms with Crippen LogP contribution in [0.4, 0.5) is 0 Å². The van der Waals surface area contributed by atoms with Gasteiger partial charge in [-0.2, -0.15) is 0 Å². The molecule has 0 amide bonds. The lowest BCUT2D eigenvalue weighted by Gasteiger charge is -2.34. The molecule has 4 rings (SSSR count). The predicted octanol–water partition coefficient (Wildman–Crippen LogP) is 2.43. The number of morpholine rings is 1. The SMILES string of the molecule is Cl.c1ccc(CN2CCC(NC3CCCC3C3COCCN3)C2)cc1. The zero-order chi connectivity index (χ0) is 16.2. The molecule has 1 saturated carbocycles. The van der Waals surface area contributed by atoms with Crippen LogP contribution >= 0.6 is 12.4 Å². The van der Waals surface area contributed by atoms with Crippen LogP contribution in [0.2, 0.25) is 0 Å². The third-order valence-corrected chi connectivity index (χ3v) is 6.01. The summed E-state index contributed by atoms with van der Waals surface area (Å²) in [5.74, 6) is 0.744. The Labute approximate surface area is 158 Å². The molecule has 4 atom stereocenters. The molecule has 2 heterocycles. The fourth-order valence-electron chi connectivity index (χ4n) is 4.79. The van der Waals surface area contributed by atoms with Gasteiger partial charge in [-0.25, -0.2) is 0 Å². The van der Waals surface area contributed by atoms with Gasteiger partial charge >= 0.3 is 0 Å². The number of hydrogen-bond donors (Lipinski definition) is 2. The molecule has 3 fully saturated rings. The lowest BCUT2D eigenvalue weighted by Crippen LogP contribution is -2.52. The summed E-state index contributed by atoms with van der Waals surface area (Å²) in [7, 11) is 0. The van der Waals surface area contributed by atoms with Crippen LogP contribution in [-0.2, 0) is 11.3 Å². The minimum atomic E-state index is 0. The number of ether oxygens (including phenoxy) is 1. The molecule has 0 aromatic heterocycles. The van der Waals surface area contributed by atoms with E-state index in [2.05, 4.69) is 45.9 Å². The molecule has 5 heteroatoms.